The Kier molecular flexibility index (Phi) is 4.56. The number of likely N-dealkylation sites (N-methyl/N-ethyl adjacent to an activating group) is 1. The zero-order valence-corrected chi connectivity index (χ0v) is 15.8. The average molecular weight is 385 g/mol. The van der Waals surface area contributed by atoms with Crippen LogP contribution in [-0.4, -0.2) is 65.4 Å². The number of amides is 3. The number of fused-ring (bicyclic) bond motifs is 3. The Morgan fingerprint density at radius 2 is 1.86 bits per heavy atom. The molecule has 3 heterocycles. The highest BCUT2D eigenvalue weighted by atomic mass is 16.5. The summed E-state index contributed by atoms with van der Waals surface area (Å²) in [7, 11) is 0. The van der Waals surface area contributed by atoms with Gasteiger partial charge >= 0.3 is 5.97 Å². The molecule has 28 heavy (non-hydrogen) atoms. The predicted octanol–water partition coefficient (Wildman–Crippen LogP) is 1.15. The second-order valence-electron chi connectivity index (χ2n) is 7.28. The van der Waals surface area contributed by atoms with Crippen molar-refractivity contribution in [3.05, 3.63) is 29.8 Å². The van der Waals surface area contributed by atoms with E-state index in [-0.39, 0.29) is 43.7 Å². The van der Waals surface area contributed by atoms with Gasteiger partial charge in [0, 0.05) is 32.5 Å². The number of ether oxygens (including phenoxy) is 1. The number of benzene rings is 1. The first-order chi connectivity index (χ1) is 13.5. The molecule has 0 N–H and O–H groups in total. The molecule has 1 aromatic rings. The number of rotatable bonds is 4. The Labute approximate surface area is 163 Å². The summed E-state index contributed by atoms with van der Waals surface area (Å²) in [5.41, 5.74) is -0.721. The lowest BCUT2D eigenvalue weighted by molar-refractivity contribution is -0.161. The minimum atomic E-state index is -1.53. The van der Waals surface area contributed by atoms with E-state index in [1.54, 1.807) is 36.1 Å². The minimum Gasteiger partial charge on any atom is -0.452 e. The lowest BCUT2D eigenvalue weighted by atomic mass is 9.96. The summed E-state index contributed by atoms with van der Waals surface area (Å²) in [6.45, 7) is 2.96. The van der Waals surface area contributed by atoms with Gasteiger partial charge in [-0.2, -0.15) is 0 Å². The third kappa shape index (κ3) is 2.58. The molecule has 2 saturated heterocycles. The van der Waals surface area contributed by atoms with Crippen molar-refractivity contribution >= 4 is 29.4 Å². The number of hydrogen-bond acceptors (Lipinski definition) is 5. The van der Waals surface area contributed by atoms with Gasteiger partial charge < -0.3 is 14.5 Å². The van der Waals surface area contributed by atoms with E-state index in [2.05, 4.69) is 0 Å². The summed E-state index contributed by atoms with van der Waals surface area (Å²) in [4.78, 5) is 55.7. The fraction of sp³-hybridized carbons (Fsp3) is 0.500. The van der Waals surface area contributed by atoms with Crippen LogP contribution in [0.1, 0.15) is 43.0 Å². The molecule has 2 fully saturated rings. The largest absolute Gasteiger partial charge is 0.452 e. The fourth-order valence-corrected chi connectivity index (χ4v) is 4.47. The first-order valence-corrected chi connectivity index (χ1v) is 9.69. The van der Waals surface area contributed by atoms with Crippen molar-refractivity contribution in [1.29, 1.82) is 0 Å². The highest BCUT2D eigenvalue weighted by Gasteiger charge is 2.61. The van der Waals surface area contributed by atoms with Crippen LogP contribution in [0.15, 0.2) is 24.3 Å². The lowest BCUT2D eigenvalue weighted by Gasteiger charge is -2.48. The molecule has 4 rings (SSSR count). The third-order valence-corrected chi connectivity index (χ3v) is 5.80. The van der Waals surface area contributed by atoms with E-state index in [0.717, 1.165) is 12.8 Å². The maximum Gasteiger partial charge on any atom is 0.354 e. The Balaban J connectivity index is 1.66. The van der Waals surface area contributed by atoms with E-state index in [0.29, 0.717) is 24.3 Å². The molecule has 0 unspecified atom stereocenters. The average Bonchev–Trinajstić information content (AvgIpc) is 3.35. The molecular formula is C20H23N3O5. The van der Waals surface area contributed by atoms with Gasteiger partial charge in [-0.15, -0.1) is 0 Å². The van der Waals surface area contributed by atoms with Gasteiger partial charge in [0.25, 0.3) is 11.8 Å². The van der Waals surface area contributed by atoms with Crippen LogP contribution >= 0.6 is 0 Å². The lowest BCUT2D eigenvalue weighted by Crippen LogP contribution is -2.68. The van der Waals surface area contributed by atoms with E-state index in [1.165, 1.54) is 9.80 Å². The molecular weight excluding hydrogens is 362 g/mol. The van der Waals surface area contributed by atoms with E-state index in [9.17, 15) is 19.2 Å². The molecule has 0 bridgehead atoms. The normalized spacial score (nSPS) is 23.7. The maximum atomic E-state index is 13.2. The zero-order valence-electron chi connectivity index (χ0n) is 15.8. The number of anilines is 1. The van der Waals surface area contributed by atoms with Crippen LogP contribution in [-0.2, 0) is 19.1 Å². The van der Waals surface area contributed by atoms with Crippen molar-refractivity contribution in [2.75, 3.05) is 31.1 Å². The molecule has 0 radical (unpaired) electrons. The number of esters is 1. The summed E-state index contributed by atoms with van der Waals surface area (Å²) in [5, 5.41) is 0. The van der Waals surface area contributed by atoms with Gasteiger partial charge in [-0.1, -0.05) is 12.1 Å². The number of likely N-dealkylation sites (tertiary alicyclic amines) is 1. The molecule has 3 amide bonds. The minimum absolute atomic E-state index is 0.132. The van der Waals surface area contributed by atoms with Crippen LogP contribution in [0.25, 0.3) is 0 Å². The molecule has 1 atom stereocenters. The molecule has 0 aliphatic carbocycles. The van der Waals surface area contributed by atoms with Gasteiger partial charge in [0.1, 0.15) is 0 Å². The number of para-hydroxylation sites is 1. The number of hydrogen-bond donors (Lipinski definition) is 0. The highest BCUT2D eigenvalue weighted by molar-refractivity contribution is 6.15. The second kappa shape index (κ2) is 6.92. The molecule has 0 aromatic heterocycles. The molecule has 8 nitrogen and oxygen atoms in total. The van der Waals surface area contributed by atoms with Gasteiger partial charge in [-0.25, -0.2) is 4.79 Å². The number of carbonyl (C=O) groups excluding carboxylic acids is 4. The fourth-order valence-electron chi connectivity index (χ4n) is 4.47. The number of carbonyl (C=O) groups is 4. The van der Waals surface area contributed by atoms with Crippen LogP contribution in [0.4, 0.5) is 5.69 Å². The standard InChI is InChI=1S/C20H23N3O5/c1-2-22-18(26)14-7-3-4-8-15(14)23-16(24)9-10-20(22,23)19(27)28-13-17(25)21-11-5-6-12-21/h3-4,7-8H,2,5-6,9-13H2,1H3/t20-/m0/s1. The summed E-state index contributed by atoms with van der Waals surface area (Å²) in [6.07, 6.45) is 2.17. The quantitative estimate of drug-likeness (QED) is 0.726. The summed E-state index contributed by atoms with van der Waals surface area (Å²) >= 11 is 0. The monoisotopic (exact) mass is 385 g/mol. The third-order valence-electron chi connectivity index (χ3n) is 5.80. The molecule has 0 saturated carbocycles. The summed E-state index contributed by atoms with van der Waals surface area (Å²) < 4.78 is 5.39. The van der Waals surface area contributed by atoms with Crippen molar-refractivity contribution in [1.82, 2.24) is 9.80 Å². The highest BCUT2D eigenvalue weighted by Crippen LogP contribution is 2.44. The van der Waals surface area contributed by atoms with Crippen molar-refractivity contribution in [2.24, 2.45) is 0 Å². The van der Waals surface area contributed by atoms with Crippen LogP contribution in [0, 0.1) is 0 Å². The zero-order chi connectivity index (χ0) is 19.9. The van der Waals surface area contributed by atoms with Crippen molar-refractivity contribution < 1.29 is 23.9 Å². The second-order valence-corrected chi connectivity index (χ2v) is 7.28. The molecule has 148 valence electrons. The molecule has 3 aliphatic rings. The Hall–Kier alpha value is -2.90. The topological polar surface area (TPSA) is 87.2 Å². The molecule has 8 heteroatoms. The smallest absolute Gasteiger partial charge is 0.354 e. The van der Waals surface area contributed by atoms with Crippen molar-refractivity contribution in [3.63, 3.8) is 0 Å². The van der Waals surface area contributed by atoms with E-state index >= 15 is 0 Å². The van der Waals surface area contributed by atoms with Crippen LogP contribution < -0.4 is 4.90 Å². The summed E-state index contributed by atoms with van der Waals surface area (Å²) in [5.74, 6) is -1.52. The Morgan fingerprint density at radius 3 is 2.57 bits per heavy atom. The van der Waals surface area contributed by atoms with Gasteiger partial charge in [0.05, 0.1) is 11.3 Å². The van der Waals surface area contributed by atoms with Crippen LogP contribution in [0.2, 0.25) is 0 Å². The van der Waals surface area contributed by atoms with Gasteiger partial charge in [0.2, 0.25) is 11.6 Å². The molecule has 1 aromatic carbocycles. The van der Waals surface area contributed by atoms with Crippen molar-refractivity contribution in [2.45, 2.75) is 38.3 Å². The van der Waals surface area contributed by atoms with Gasteiger partial charge in [-0.3, -0.25) is 19.3 Å². The van der Waals surface area contributed by atoms with Crippen molar-refractivity contribution in [3.8, 4) is 0 Å². The van der Waals surface area contributed by atoms with E-state index < -0.39 is 11.6 Å². The maximum absolute atomic E-state index is 13.2. The Morgan fingerprint density at radius 1 is 1.14 bits per heavy atom. The van der Waals surface area contributed by atoms with E-state index in [4.69, 9.17) is 4.74 Å². The van der Waals surface area contributed by atoms with Crippen LogP contribution in [0.3, 0.4) is 0 Å². The van der Waals surface area contributed by atoms with Gasteiger partial charge in [0.15, 0.2) is 6.61 Å². The predicted molar refractivity (Wildman–Crippen MR) is 99.4 cm³/mol. The van der Waals surface area contributed by atoms with Crippen LogP contribution in [0.5, 0.6) is 0 Å². The Bertz CT molecular complexity index is 848. The van der Waals surface area contributed by atoms with E-state index in [1.807, 2.05) is 0 Å². The summed E-state index contributed by atoms with van der Waals surface area (Å²) in [6, 6.07) is 6.77. The first kappa shape index (κ1) is 18.5. The first-order valence-electron chi connectivity index (χ1n) is 9.69. The SMILES string of the molecule is CCN1C(=O)c2ccccc2N2C(=O)CC[C@]12C(=O)OCC(=O)N1CCCC1. The molecule has 3 aliphatic heterocycles. The molecule has 0 spiro atoms. The number of nitrogens with zero attached hydrogens (tertiary/aromatic N) is 3. The van der Waals surface area contributed by atoms with Gasteiger partial charge in [-0.05, 0) is 31.9 Å².